The molecule has 6 heteroatoms. The summed E-state index contributed by atoms with van der Waals surface area (Å²) >= 11 is 5.76. The van der Waals surface area contributed by atoms with Gasteiger partial charge in [-0.2, -0.15) is 0 Å². The highest BCUT2D eigenvalue weighted by Gasteiger charge is 2.23. The van der Waals surface area contributed by atoms with E-state index in [1.807, 2.05) is 10.8 Å². The lowest BCUT2D eigenvalue weighted by molar-refractivity contribution is -0.119. The number of hydrogen-bond donors (Lipinski definition) is 1. The quantitative estimate of drug-likeness (QED) is 0.923. The van der Waals surface area contributed by atoms with Crippen molar-refractivity contribution in [2.45, 2.75) is 13.0 Å². The van der Waals surface area contributed by atoms with E-state index in [-0.39, 0.29) is 5.91 Å². The molecule has 0 bridgehead atoms. The molecule has 2 aromatic rings. The van der Waals surface area contributed by atoms with Crippen LogP contribution in [-0.4, -0.2) is 22.0 Å². The number of nitrogens with zero attached hydrogens (tertiary/aromatic N) is 2. The van der Waals surface area contributed by atoms with E-state index in [1.54, 1.807) is 18.3 Å². The minimum atomic E-state index is 0.114. The molecule has 0 radical (unpaired) electrons. The average Bonchev–Trinajstić information content (AvgIpc) is 3.01. The van der Waals surface area contributed by atoms with Crippen molar-refractivity contribution in [3.63, 3.8) is 0 Å². The van der Waals surface area contributed by atoms with Crippen LogP contribution in [0.3, 0.4) is 0 Å². The van der Waals surface area contributed by atoms with Gasteiger partial charge >= 0.3 is 0 Å². The van der Waals surface area contributed by atoms with Gasteiger partial charge in [0.15, 0.2) is 16.8 Å². The van der Waals surface area contributed by atoms with Crippen LogP contribution < -0.4 is 5.32 Å². The van der Waals surface area contributed by atoms with Gasteiger partial charge in [-0.3, -0.25) is 4.79 Å². The van der Waals surface area contributed by atoms with E-state index in [9.17, 15) is 4.79 Å². The molecular weight excluding hydrogens is 254 g/mol. The second-order valence-electron chi connectivity index (χ2n) is 4.38. The van der Waals surface area contributed by atoms with Crippen LogP contribution in [0, 0.1) is 5.92 Å². The molecule has 2 aromatic heterocycles. The first-order valence-electron chi connectivity index (χ1n) is 5.76. The first kappa shape index (κ1) is 11.3. The third kappa shape index (κ3) is 2.13. The van der Waals surface area contributed by atoms with Crippen molar-refractivity contribution in [1.29, 1.82) is 0 Å². The standard InChI is InChI=1S/C12H12ClN3O2/c13-10-2-1-9(18-10)12-14-3-4-16(12)7-8-5-11(17)15-6-8/h1-4,8H,5-7H2,(H,15,17). The molecule has 3 rings (SSSR count). The lowest BCUT2D eigenvalue weighted by atomic mass is 10.1. The van der Waals surface area contributed by atoms with Gasteiger partial charge in [-0.05, 0) is 23.7 Å². The summed E-state index contributed by atoms with van der Waals surface area (Å²) in [6, 6.07) is 3.48. The highest BCUT2D eigenvalue weighted by atomic mass is 35.5. The number of rotatable bonds is 3. The summed E-state index contributed by atoms with van der Waals surface area (Å²) in [4.78, 5) is 15.4. The van der Waals surface area contributed by atoms with E-state index in [4.69, 9.17) is 16.0 Å². The first-order valence-corrected chi connectivity index (χ1v) is 6.14. The normalized spacial score (nSPS) is 19.2. The van der Waals surface area contributed by atoms with Crippen molar-refractivity contribution >= 4 is 17.5 Å². The predicted octanol–water partition coefficient (Wildman–Crippen LogP) is 1.93. The molecule has 18 heavy (non-hydrogen) atoms. The fourth-order valence-corrected chi connectivity index (χ4v) is 2.33. The Bertz CT molecular complexity index is 575. The monoisotopic (exact) mass is 265 g/mol. The zero-order valence-corrected chi connectivity index (χ0v) is 10.4. The fraction of sp³-hybridized carbons (Fsp3) is 0.333. The van der Waals surface area contributed by atoms with Crippen molar-refractivity contribution in [1.82, 2.24) is 14.9 Å². The zero-order chi connectivity index (χ0) is 12.5. The topological polar surface area (TPSA) is 60.1 Å². The van der Waals surface area contributed by atoms with Crippen LogP contribution in [-0.2, 0) is 11.3 Å². The van der Waals surface area contributed by atoms with Crippen molar-refractivity contribution in [2.75, 3.05) is 6.54 Å². The number of nitrogens with one attached hydrogen (secondary N) is 1. The van der Waals surface area contributed by atoms with Crippen LogP contribution in [0.1, 0.15) is 6.42 Å². The molecule has 1 atom stereocenters. The maximum Gasteiger partial charge on any atom is 0.220 e. The molecule has 5 nitrogen and oxygen atoms in total. The average molecular weight is 266 g/mol. The number of amides is 1. The van der Waals surface area contributed by atoms with Gasteiger partial charge in [0.25, 0.3) is 0 Å². The summed E-state index contributed by atoms with van der Waals surface area (Å²) in [6.45, 7) is 1.46. The number of aromatic nitrogens is 2. The van der Waals surface area contributed by atoms with E-state index in [0.29, 0.717) is 23.3 Å². The molecule has 0 aromatic carbocycles. The Morgan fingerprint density at radius 1 is 1.56 bits per heavy atom. The molecule has 1 amide bonds. The highest BCUT2D eigenvalue weighted by Crippen LogP contribution is 2.24. The van der Waals surface area contributed by atoms with Gasteiger partial charge in [-0.25, -0.2) is 4.98 Å². The van der Waals surface area contributed by atoms with Gasteiger partial charge in [-0.1, -0.05) is 0 Å². The largest absolute Gasteiger partial charge is 0.441 e. The maximum absolute atomic E-state index is 11.2. The lowest BCUT2D eigenvalue weighted by Gasteiger charge is -2.10. The Kier molecular flexibility index (Phi) is 2.83. The van der Waals surface area contributed by atoms with Crippen molar-refractivity contribution < 1.29 is 9.21 Å². The van der Waals surface area contributed by atoms with E-state index >= 15 is 0 Å². The summed E-state index contributed by atoms with van der Waals surface area (Å²) in [7, 11) is 0. The number of imidazole rings is 1. The minimum Gasteiger partial charge on any atom is -0.441 e. The van der Waals surface area contributed by atoms with Gasteiger partial charge in [0.05, 0.1) is 0 Å². The molecule has 1 fully saturated rings. The van der Waals surface area contributed by atoms with Crippen LogP contribution >= 0.6 is 11.6 Å². The smallest absolute Gasteiger partial charge is 0.220 e. The molecule has 1 aliphatic heterocycles. The Morgan fingerprint density at radius 2 is 2.44 bits per heavy atom. The predicted molar refractivity (Wildman–Crippen MR) is 66.1 cm³/mol. The van der Waals surface area contributed by atoms with Crippen LogP contribution in [0.4, 0.5) is 0 Å². The molecular formula is C12H12ClN3O2. The number of carbonyl (C=O) groups excluding carboxylic acids is 1. The summed E-state index contributed by atoms with van der Waals surface area (Å²) < 4.78 is 7.34. The van der Waals surface area contributed by atoms with Crippen LogP contribution in [0.5, 0.6) is 0 Å². The van der Waals surface area contributed by atoms with E-state index < -0.39 is 0 Å². The van der Waals surface area contributed by atoms with Gasteiger partial charge in [0, 0.05) is 37.8 Å². The molecule has 1 unspecified atom stereocenters. The van der Waals surface area contributed by atoms with Crippen LogP contribution in [0.25, 0.3) is 11.6 Å². The number of carbonyl (C=O) groups is 1. The van der Waals surface area contributed by atoms with Gasteiger partial charge < -0.3 is 14.3 Å². The van der Waals surface area contributed by atoms with Gasteiger partial charge in [0.2, 0.25) is 5.91 Å². The number of halogens is 1. The SMILES string of the molecule is O=C1CC(Cn2ccnc2-c2ccc(Cl)o2)CN1. The van der Waals surface area contributed by atoms with Gasteiger partial charge in [-0.15, -0.1) is 0 Å². The molecule has 3 heterocycles. The molecule has 0 saturated carbocycles. The number of furan rings is 1. The highest BCUT2D eigenvalue weighted by molar-refractivity contribution is 6.28. The fourth-order valence-electron chi connectivity index (χ4n) is 2.19. The van der Waals surface area contributed by atoms with Crippen molar-refractivity contribution in [3.05, 3.63) is 29.7 Å². The molecule has 1 aliphatic rings. The van der Waals surface area contributed by atoms with Crippen molar-refractivity contribution in [2.24, 2.45) is 5.92 Å². The van der Waals surface area contributed by atoms with Crippen LogP contribution in [0.15, 0.2) is 28.9 Å². The molecule has 0 aliphatic carbocycles. The van der Waals surface area contributed by atoms with E-state index in [0.717, 1.165) is 18.9 Å². The summed E-state index contributed by atoms with van der Waals surface area (Å²) in [5.74, 6) is 1.79. The second-order valence-corrected chi connectivity index (χ2v) is 4.75. The van der Waals surface area contributed by atoms with Crippen LogP contribution in [0.2, 0.25) is 5.22 Å². The van der Waals surface area contributed by atoms with Crippen molar-refractivity contribution in [3.8, 4) is 11.6 Å². The first-order chi connectivity index (χ1) is 8.72. The van der Waals surface area contributed by atoms with Gasteiger partial charge in [0.1, 0.15) is 0 Å². The molecule has 1 saturated heterocycles. The Morgan fingerprint density at radius 3 is 3.11 bits per heavy atom. The minimum absolute atomic E-state index is 0.114. The summed E-state index contributed by atoms with van der Waals surface area (Å²) in [5, 5.41) is 3.17. The maximum atomic E-state index is 11.2. The lowest BCUT2D eigenvalue weighted by Crippen LogP contribution is -2.16. The molecule has 1 N–H and O–H groups in total. The van der Waals surface area contributed by atoms with E-state index in [2.05, 4.69) is 10.3 Å². The van der Waals surface area contributed by atoms with E-state index in [1.165, 1.54) is 0 Å². The second kappa shape index (κ2) is 4.49. The Balaban J connectivity index is 1.81. The number of hydrogen-bond acceptors (Lipinski definition) is 3. The Hall–Kier alpha value is -1.75. The summed E-state index contributed by atoms with van der Waals surface area (Å²) in [5.41, 5.74) is 0. The zero-order valence-electron chi connectivity index (χ0n) is 9.60. The molecule has 94 valence electrons. The molecule has 0 spiro atoms. The Labute approximate surface area is 109 Å². The third-order valence-corrected chi connectivity index (χ3v) is 3.23. The third-order valence-electron chi connectivity index (χ3n) is 3.03. The summed E-state index contributed by atoms with van der Waals surface area (Å²) in [6.07, 6.45) is 4.17.